The first kappa shape index (κ1) is 20.9. The molecule has 0 aromatic heterocycles. The van der Waals surface area contributed by atoms with Gasteiger partial charge in [0.05, 0.1) is 0 Å². The molecule has 1 aliphatic heterocycles. The van der Waals surface area contributed by atoms with Crippen molar-refractivity contribution in [1.82, 2.24) is 5.32 Å². The number of benzene rings is 1. The van der Waals surface area contributed by atoms with Crippen LogP contribution in [0.25, 0.3) is 0 Å². The van der Waals surface area contributed by atoms with Crippen molar-refractivity contribution < 1.29 is 24.2 Å². The van der Waals surface area contributed by atoms with Crippen LogP contribution in [0.2, 0.25) is 0 Å². The lowest BCUT2D eigenvalue weighted by molar-refractivity contribution is -0.139. The van der Waals surface area contributed by atoms with Gasteiger partial charge in [0.1, 0.15) is 12.6 Å². The van der Waals surface area contributed by atoms with Gasteiger partial charge in [0.15, 0.2) is 11.5 Å². The predicted octanol–water partition coefficient (Wildman–Crippen LogP) is 4.19. The van der Waals surface area contributed by atoms with E-state index in [4.69, 9.17) is 9.47 Å². The molecule has 1 spiro atoms. The van der Waals surface area contributed by atoms with Crippen LogP contribution in [0, 0.1) is 5.41 Å². The number of nitrogens with one attached hydrogen (secondary N) is 1. The molecule has 0 bridgehead atoms. The lowest BCUT2D eigenvalue weighted by Gasteiger charge is -2.31. The number of allylic oxidation sites excluding steroid dienone is 1. The Kier molecular flexibility index (Phi) is 6.14. The average molecular weight is 414 g/mol. The van der Waals surface area contributed by atoms with Crippen molar-refractivity contribution in [3.05, 3.63) is 35.4 Å². The fraction of sp³-hybridized carbons (Fsp3) is 0.583. The molecule has 2 fully saturated rings. The number of ether oxygens (including phenoxy) is 2. The van der Waals surface area contributed by atoms with Gasteiger partial charge in [0.2, 0.25) is 0 Å². The van der Waals surface area contributed by atoms with Crippen molar-refractivity contribution in [1.29, 1.82) is 0 Å². The van der Waals surface area contributed by atoms with E-state index in [-0.39, 0.29) is 5.92 Å². The molecular formula is C24H31NO5. The van der Waals surface area contributed by atoms with E-state index >= 15 is 0 Å². The SMILES string of the molecule is CC(=O)Oc1cc(C2CCN[C@@H]2C(=O)O)ccc1OCC1=CC2(CCCC2)CCC1. The molecule has 1 saturated heterocycles. The highest BCUT2D eigenvalue weighted by Crippen LogP contribution is 2.47. The highest BCUT2D eigenvalue weighted by Gasteiger charge is 2.35. The van der Waals surface area contributed by atoms with Crippen LogP contribution >= 0.6 is 0 Å². The predicted molar refractivity (Wildman–Crippen MR) is 113 cm³/mol. The van der Waals surface area contributed by atoms with Gasteiger partial charge in [-0.15, -0.1) is 0 Å². The minimum atomic E-state index is -0.864. The van der Waals surface area contributed by atoms with Crippen LogP contribution in [0.1, 0.15) is 69.8 Å². The number of carboxylic acid groups (broad SMARTS) is 1. The molecule has 1 heterocycles. The molecule has 30 heavy (non-hydrogen) atoms. The second-order valence-corrected chi connectivity index (χ2v) is 8.98. The standard InChI is InChI=1S/C24H31NO5/c1-16(26)30-21-13-18(19-8-12-25-22(19)23(27)28)6-7-20(21)29-15-17-5-4-11-24(14-17)9-2-3-10-24/h6-7,13-14,19,22,25H,2-5,8-12,15H2,1H3,(H,27,28)/t19?,22-/m0/s1. The number of rotatable bonds is 6. The zero-order valence-corrected chi connectivity index (χ0v) is 17.6. The van der Waals surface area contributed by atoms with Gasteiger partial charge >= 0.3 is 11.9 Å². The van der Waals surface area contributed by atoms with Crippen molar-refractivity contribution in [2.45, 2.75) is 70.3 Å². The van der Waals surface area contributed by atoms with Crippen LogP contribution in [0.3, 0.4) is 0 Å². The minimum Gasteiger partial charge on any atom is -0.485 e. The molecule has 1 saturated carbocycles. The smallest absolute Gasteiger partial charge is 0.321 e. The monoisotopic (exact) mass is 413 g/mol. The van der Waals surface area contributed by atoms with E-state index in [9.17, 15) is 14.7 Å². The summed E-state index contributed by atoms with van der Waals surface area (Å²) in [6, 6.07) is 4.83. The molecule has 6 heteroatoms. The molecule has 6 nitrogen and oxygen atoms in total. The molecule has 2 aliphatic carbocycles. The molecular weight excluding hydrogens is 382 g/mol. The van der Waals surface area contributed by atoms with E-state index in [1.807, 2.05) is 6.07 Å². The van der Waals surface area contributed by atoms with Crippen LogP contribution in [0.15, 0.2) is 29.8 Å². The van der Waals surface area contributed by atoms with Crippen molar-refractivity contribution >= 4 is 11.9 Å². The summed E-state index contributed by atoms with van der Waals surface area (Å²) in [5.41, 5.74) is 2.55. The van der Waals surface area contributed by atoms with E-state index in [2.05, 4.69) is 11.4 Å². The topological polar surface area (TPSA) is 84.9 Å². The summed E-state index contributed by atoms with van der Waals surface area (Å²) < 4.78 is 11.5. The summed E-state index contributed by atoms with van der Waals surface area (Å²) in [5, 5.41) is 12.5. The highest BCUT2D eigenvalue weighted by atomic mass is 16.6. The Morgan fingerprint density at radius 2 is 1.93 bits per heavy atom. The molecule has 2 N–H and O–H groups in total. The second kappa shape index (κ2) is 8.80. The van der Waals surface area contributed by atoms with Crippen LogP contribution < -0.4 is 14.8 Å². The molecule has 162 valence electrons. The Labute approximate surface area is 177 Å². The van der Waals surface area contributed by atoms with Crippen molar-refractivity contribution in [3.8, 4) is 11.5 Å². The van der Waals surface area contributed by atoms with Gasteiger partial charge in [-0.1, -0.05) is 25.0 Å². The second-order valence-electron chi connectivity index (χ2n) is 8.98. The van der Waals surface area contributed by atoms with E-state index < -0.39 is 18.0 Å². The zero-order chi connectivity index (χ0) is 21.1. The summed E-state index contributed by atoms with van der Waals surface area (Å²) in [5.74, 6) is -0.550. The molecule has 0 amide bonds. The summed E-state index contributed by atoms with van der Waals surface area (Å²) in [6.45, 7) is 2.51. The first-order valence-corrected chi connectivity index (χ1v) is 11.1. The number of aliphatic carboxylic acids is 1. The van der Waals surface area contributed by atoms with Crippen LogP contribution in [-0.2, 0) is 9.59 Å². The quantitative estimate of drug-likeness (QED) is 0.413. The van der Waals surface area contributed by atoms with Gasteiger partial charge in [-0.05, 0) is 73.8 Å². The number of carboxylic acids is 1. The fourth-order valence-corrected chi connectivity index (χ4v) is 5.43. The maximum absolute atomic E-state index is 11.7. The highest BCUT2D eigenvalue weighted by molar-refractivity contribution is 5.76. The maximum atomic E-state index is 11.7. The first-order valence-electron chi connectivity index (χ1n) is 11.1. The number of esters is 1. The Bertz CT molecular complexity index is 840. The summed E-state index contributed by atoms with van der Waals surface area (Å²) in [6.07, 6.45) is 11.9. The minimum absolute atomic E-state index is 0.158. The van der Waals surface area contributed by atoms with Crippen LogP contribution in [0.4, 0.5) is 0 Å². The zero-order valence-electron chi connectivity index (χ0n) is 17.6. The fourth-order valence-electron chi connectivity index (χ4n) is 5.43. The van der Waals surface area contributed by atoms with E-state index in [1.165, 1.54) is 51.0 Å². The van der Waals surface area contributed by atoms with Crippen LogP contribution in [-0.4, -0.2) is 36.2 Å². The Balaban J connectivity index is 1.52. The van der Waals surface area contributed by atoms with Gasteiger partial charge in [0.25, 0.3) is 0 Å². The van der Waals surface area contributed by atoms with E-state index in [0.717, 1.165) is 18.4 Å². The summed E-state index contributed by atoms with van der Waals surface area (Å²) >= 11 is 0. The number of carbonyl (C=O) groups excluding carboxylic acids is 1. The molecule has 3 aliphatic rings. The molecule has 1 aromatic carbocycles. The van der Waals surface area contributed by atoms with E-state index in [0.29, 0.717) is 30.1 Å². The third-order valence-electron chi connectivity index (χ3n) is 6.83. The van der Waals surface area contributed by atoms with Gasteiger partial charge in [-0.2, -0.15) is 0 Å². The molecule has 0 radical (unpaired) electrons. The number of hydrogen-bond acceptors (Lipinski definition) is 5. The van der Waals surface area contributed by atoms with Crippen molar-refractivity contribution in [2.24, 2.45) is 5.41 Å². The third kappa shape index (κ3) is 4.53. The molecule has 2 atom stereocenters. The van der Waals surface area contributed by atoms with Crippen molar-refractivity contribution in [3.63, 3.8) is 0 Å². The van der Waals surface area contributed by atoms with E-state index in [1.54, 1.807) is 12.1 Å². The lowest BCUT2D eigenvalue weighted by Crippen LogP contribution is -2.34. The van der Waals surface area contributed by atoms with Crippen LogP contribution in [0.5, 0.6) is 11.5 Å². The largest absolute Gasteiger partial charge is 0.485 e. The van der Waals surface area contributed by atoms with Gasteiger partial charge in [-0.25, -0.2) is 0 Å². The Morgan fingerprint density at radius 1 is 1.17 bits per heavy atom. The van der Waals surface area contributed by atoms with Crippen molar-refractivity contribution in [2.75, 3.05) is 13.2 Å². The van der Waals surface area contributed by atoms with Gasteiger partial charge in [-0.3, -0.25) is 9.59 Å². The van der Waals surface area contributed by atoms with Gasteiger partial charge in [0, 0.05) is 12.8 Å². The molecule has 1 aromatic rings. The number of carbonyl (C=O) groups is 2. The summed E-state index contributed by atoms with van der Waals surface area (Å²) in [7, 11) is 0. The molecule has 1 unspecified atom stereocenters. The molecule has 4 rings (SSSR count). The lowest BCUT2D eigenvalue weighted by atomic mass is 9.75. The Morgan fingerprint density at radius 3 is 2.67 bits per heavy atom. The first-order chi connectivity index (χ1) is 14.5. The Hall–Kier alpha value is -2.34. The summed E-state index contributed by atoms with van der Waals surface area (Å²) in [4.78, 5) is 23.2. The maximum Gasteiger partial charge on any atom is 0.321 e. The average Bonchev–Trinajstić information content (AvgIpc) is 3.37. The normalized spacial score (nSPS) is 25.2. The number of hydrogen-bond donors (Lipinski definition) is 2. The third-order valence-corrected chi connectivity index (χ3v) is 6.83. The van der Waals surface area contributed by atoms with Gasteiger partial charge < -0.3 is 19.9 Å².